The van der Waals surface area contributed by atoms with E-state index in [4.69, 9.17) is 11.6 Å². The Bertz CT molecular complexity index is 1420. The molecule has 1 aliphatic heterocycles. The minimum atomic E-state index is -0.460. The molecule has 2 heterocycles. The van der Waals surface area contributed by atoms with E-state index < -0.39 is 4.92 Å². The number of fused-ring (bicyclic) bond motifs is 3. The summed E-state index contributed by atoms with van der Waals surface area (Å²) >= 11 is 6.28. The molecule has 0 spiro atoms. The van der Waals surface area contributed by atoms with Crippen molar-refractivity contribution < 1.29 is 9.31 Å². The molecule has 1 aromatic heterocycles. The molecule has 4 aromatic rings. The van der Waals surface area contributed by atoms with Crippen molar-refractivity contribution in [2.75, 3.05) is 5.32 Å². The molecular formula is C24H15ClFN5O2. The van der Waals surface area contributed by atoms with E-state index in [9.17, 15) is 14.5 Å². The third-order valence-electron chi connectivity index (χ3n) is 5.23. The lowest BCUT2D eigenvalue weighted by Crippen LogP contribution is -2.07. The van der Waals surface area contributed by atoms with Crippen LogP contribution in [0, 0.1) is 15.9 Å². The van der Waals surface area contributed by atoms with Crippen LogP contribution in [0.3, 0.4) is 0 Å². The minimum absolute atomic E-state index is 0.00738. The summed E-state index contributed by atoms with van der Waals surface area (Å²) in [6, 6.07) is 17.8. The Kier molecular flexibility index (Phi) is 5.27. The lowest BCUT2D eigenvalue weighted by atomic mass is 9.95. The predicted molar refractivity (Wildman–Crippen MR) is 125 cm³/mol. The lowest BCUT2D eigenvalue weighted by Gasteiger charge is -2.13. The maximum absolute atomic E-state index is 14.6. The maximum atomic E-state index is 14.6. The van der Waals surface area contributed by atoms with Crippen molar-refractivity contribution in [3.05, 3.63) is 111 Å². The van der Waals surface area contributed by atoms with Crippen LogP contribution in [-0.4, -0.2) is 20.6 Å². The molecule has 0 amide bonds. The topological polar surface area (TPSA) is 93.3 Å². The number of aliphatic imine (C=N–C) groups is 1. The molecule has 0 bridgehead atoms. The highest BCUT2D eigenvalue weighted by Gasteiger charge is 2.23. The maximum Gasteiger partial charge on any atom is 0.269 e. The van der Waals surface area contributed by atoms with E-state index in [1.165, 1.54) is 18.2 Å². The summed E-state index contributed by atoms with van der Waals surface area (Å²) in [5.74, 6) is -0.0578. The minimum Gasteiger partial charge on any atom is -0.324 e. The van der Waals surface area contributed by atoms with E-state index >= 15 is 0 Å². The fourth-order valence-electron chi connectivity index (χ4n) is 3.66. The molecule has 162 valence electrons. The number of anilines is 2. The van der Waals surface area contributed by atoms with Gasteiger partial charge in [0.25, 0.3) is 5.69 Å². The van der Waals surface area contributed by atoms with Crippen molar-refractivity contribution in [3.63, 3.8) is 0 Å². The van der Waals surface area contributed by atoms with Crippen molar-refractivity contribution >= 4 is 34.6 Å². The first-order valence-electron chi connectivity index (χ1n) is 9.96. The Labute approximate surface area is 192 Å². The first kappa shape index (κ1) is 20.7. The molecule has 1 N–H and O–H groups in total. The Morgan fingerprint density at radius 3 is 2.55 bits per heavy atom. The molecule has 33 heavy (non-hydrogen) atoms. The number of benzene rings is 3. The lowest BCUT2D eigenvalue weighted by molar-refractivity contribution is -0.384. The van der Waals surface area contributed by atoms with Gasteiger partial charge < -0.3 is 5.32 Å². The molecule has 9 heteroatoms. The molecule has 0 saturated heterocycles. The molecule has 0 saturated carbocycles. The van der Waals surface area contributed by atoms with Gasteiger partial charge in [-0.3, -0.25) is 15.1 Å². The first-order chi connectivity index (χ1) is 16.0. The highest BCUT2D eigenvalue weighted by atomic mass is 35.5. The van der Waals surface area contributed by atoms with Crippen LogP contribution in [0.5, 0.6) is 0 Å². The van der Waals surface area contributed by atoms with E-state index in [-0.39, 0.29) is 18.0 Å². The van der Waals surface area contributed by atoms with Gasteiger partial charge in [0.1, 0.15) is 5.82 Å². The third kappa shape index (κ3) is 4.04. The molecule has 0 radical (unpaired) electrons. The summed E-state index contributed by atoms with van der Waals surface area (Å²) in [5.41, 5.74) is 4.32. The van der Waals surface area contributed by atoms with E-state index in [2.05, 4.69) is 20.3 Å². The Morgan fingerprint density at radius 1 is 1.00 bits per heavy atom. The van der Waals surface area contributed by atoms with Gasteiger partial charge in [-0.05, 0) is 36.4 Å². The number of hydrogen-bond donors (Lipinski definition) is 1. The quantitative estimate of drug-likeness (QED) is 0.301. The van der Waals surface area contributed by atoms with Crippen LogP contribution in [0.1, 0.15) is 16.7 Å². The van der Waals surface area contributed by atoms with E-state index in [1.54, 1.807) is 48.7 Å². The van der Waals surface area contributed by atoms with Crippen molar-refractivity contribution in [2.24, 2.45) is 4.99 Å². The van der Waals surface area contributed by atoms with Crippen LogP contribution in [0.25, 0.3) is 11.3 Å². The van der Waals surface area contributed by atoms with Crippen LogP contribution in [0.15, 0.2) is 77.9 Å². The fourth-order valence-corrected chi connectivity index (χ4v) is 3.84. The van der Waals surface area contributed by atoms with Crippen molar-refractivity contribution in [2.45, 2.75) is 6.54 Å². The average Bonchev–Trinajstić information content (AvgIpc) is 2.96. The monoisotopic (exact) mass is 459 g/mol. The van der Waals surface area contributed by atoms with Gasteiger partial charge in [-0.2, -0.15) is 0 Å². The van der Waals surface area contributed by atoms with Crippen LogP contribution in [0.4, 0.5) is 21.7 Å². The number of rotatable bonds is 4. The predicted octanol–water partition coefficient (Wildman–Crippen LogP) is 5.94. The summed E-state index contributed by atoms with van der Waals surface area (Å²) in [6.45, 7) is 0.267. The summed E-state index contributed by atoms with van der Waals surface area (Å²) < 4.78 is 14.6. The van der Waals surface area contributed by atoms with Gasteiger partial charge in [0, 0.05) is 51.3 Å². The fraction of sp³-hybridized carbons (Fsp3) is 0.0417. The molecule has 0 atom stereocenters. The van der Waals surface area contributed by atoms with Crippen molar-refractivity contribution in [3.8, 4) is 11.3 Å². The Hall–Kier alpha value is -4.17. The number of nitrogens with zero attached hydrogens (tertiary/aromatic N) is 4. The van der Waals surface area contributed by atoms with E-state index in [0.29, 0.717) is 39.2 Å². The average molecular weight is 460 g/mol. The SMILES string of the molecule is O=[N+]([O-])c1ccc(Nc2ncc3c(n2)-c2ccc(Cl)cc2C(c2ccccc2F)=NC3)cc1. The van der Waals surface area contributed by atoms with Crippen molar-refractivity contribution in [1.82, 2.24) is 9.97 Å². The molecular weight excluding hydrogens is 445 g/mol. The van der Waals surface area contributed by atoms with Crippen molar-refractivity contribution in [1.29, 1.82) is 0 Å². The van der Waals surface area contributed by atoms with Gasteiger partial charge in [0.15, 0.2) is 0 Å². The molecule has 0 aliphatic carbocycles. The zero-order chi connectivity index (χ0) is 22.9. The highest BCUT2D eigenvalue weighted by molar-refractivity contribution is 6.31. The van der Waals surface area contributed by atoms with Gasteiger partial charge in [-0.25, -0.2) is 14.4 Å². The van der Waals surface area contributed by atoms with E-state index in [1.807, 2.05) is 6.07 Å². The van der Waals surface area contributed by atoms with Crippen LogP contribution < -0.4 is 5.32 Å². The summed E-state index contributed by atoms with van der Waals surface area (Å²) in [7, 11) is 0. The summed E-state index contributed by atoms with van der Waals surface area (Å²) in [5, 5.41) is 14.4. The Morgan fingerprint density at radius 2 is 1.79 bits per heavy atom. The second-order valence-corrected chi connectivity index (χ2v) is 7.77. The normalized spacial score (nSPS) is 12.2. The zero-order valence-electron chi connectivity index (χ0n) is 17.0. The molecule has 0 unspecified atom stereocenters. The standard InChI is InChI=1S/C24H15ClFN5O2/c25-15-5-10-18-20(11-15)23(19-3-1-2-4-21(19)26)27-12-14-13-28-24(30-22(14)18)29-16-6-8-17(9-7-16)31(32)33/h1-11,13H,12H2,(H,28,29,30). The summed E-state index contributed by atoms with van der Waals surface area (Å²) in [6.07, 6.45) is 1.67. The highest BCUT2D eigenvalue weighted by Crippen LogP contribution is 2.34. The second kappa shape index (κ2) is 8.40. The van der Waals surface area contributed by atoms with Crippen LogP contribution in [-0.2, 0) is 6.54 Å². The molecule has 7 nitrogen and oxygen atoms in total. The van der Waals surface area contributed by atoms with Crippen LogP contribution in [0.2, 0.25) is 5.02 Å². The van der Waals surface area contributed by atoms with Gasteiger partial charge in [0.2, 0.25) is 5.95 Å². The number of nitrogens with one attached hydrogen (secondary N) is 1. The number of non-ortho nitro benzene ring substituents is 1. The number of hydrogen-bond acceptors (Lipinski definition) is 6. The molecule has 5 rings (SSSR count). The molecule has 0 fully saturated rings. The summed E-state index contributed by atoms with van der Waals surface area (Å²) in [4.78, 5) is 24.1. The molecule has 1 aliphatic rings. The number of halogens is 2. The van der Waals surface area contributed by atoms with Gasteiger partial charge >= 0.3 is 0 Å². The van der Waals surface area contributed by atoms with Gasteiger partial charge in [-0.1, -0.05) is 29.8 Å². The third-order valence-corrected chi connectivity index (χ3v) is 5.46. The smallest absolute Gasteiger partial charge is 0.269 e. The molecule has 3 aromatic carbocycles. The van der Waals surface area contributed by atoms with E-state index in [0.717, 1.165) is 11.1 Å². The first-order valence-corrected chi connectivity index (χ1v) is 10.3. The van der Waals surface area contributed by atoms with Gasteiger partial charge in [-0.15, -0.1) is 0 Å². The van der Waals surface area contributed by atoms with Crippen LogP contribution >= 0.6 is 11.6 Å². The zero-order valence-corrected chi connectivity index (χ0v) is 17.8. The second-order valence-electron chi connectivity index (χ2n) is 7.33. The Balaban J connectivity index is 1.57. The van der Waals surface area contributed by atoms with Gasteiger partial charge in [0.05, 0.1) is 22.9 Å². The largest absolute Gasteiger partial charge is 0.324 e. The number of aromatic nitrogens is 2. The number of nitro benzene ring substituents is 1. The number of nitro groups is 1.